The number of fused-ring (bicyclic) bond motifs is 1. The van der Waals surface area contributed by atoms with Gasteiger partial charge in [0.25, 0.3) is 11.8 Å². The minimum Gasteiger partial charge on any atom is -0.350 e. The fraction of sp³-hybridized carbons (Fsp3) is 0.385. The Balaban J connectivity index is 1.14. The van der Waals surface area contributed by atoms with Crippen molar-refractivity contribution in [2.75, 3.05) is 5.32 Å². The number of halogens is 2. The van der Waals surface area contributed by atoms with Gasteiger partial charge in [0.1, 0.15) is 17.3 Å². The van der Waals surface area contributed by atoms with E-state index in [0.29, 0.717) is 11.3 Å². The molecule has 4 aliphatic rings. The van der Waals surface area contributed by atoms with Gasteiger partial charge in [-0.2, -0.15) is 0 Å². The van der Waals surface area contributed by atoms with Crippen LogP contribution in [0.3, 0.4) is 0 Å². The van der Waals surface area contributed by atoms with Crippen molar-refractivity contribution in [1.82, 2.24) is 10.3 Å². The van der Waals surface area contributed by atoms with Crippen molar-refractivity contribution in [3.05, 3.63) is 65.4 Å². The van der Waals surface area contributed by atoms with Gasteiger partial charge in [0.15, 0.2) is 0 Å². The number of H-pyrrole nitrogens is 1. The van der Waals surface area contributed by atoms with E-state index in [2.05, 4.69) is 15.6 Å². The molecule has 2 aromatic carbocycles. The summed E-state index contributed by atoms with van der Waals surface area (Å²) in [6.45, 7) is 0. The number of benzene rings is 2. The topological polar surface area (TPSA) is 74.0 Å². The summed E-state index contributed by atoms with van der Waals surface area (Å²) < 4.78 is 27.3. The molecule has 5 nitrogen and oxygen atoms in total. The SMILES string of the molecule is O=C(NC12CC3CC(CC(C3)C1)C2)c1ccc(NC(=O)c2cc3c(F)cc(F)cc3[nH]2)cc1. The molecular formula is C26H25F2N3O2. The van der Waals surface area contributed by atoms with E-state index in [1.165, 1.54) is 25.3 Å². The van der Waals surface area contributed by atoms with E-state index in [1.807, 2.05) is 0 Å². The fourth-order valence-electron chi connectivity index (χ4n) is 6.76. The fourth-order valence-corrected chi connectivity index (χ4v) is 6.76. The lowest BCUT2D eigenvalue weighted by Gasteiger charge is -2.56. The lowest BCUT2D eigenvalue weighted by molar-refractivity contribution is -0.0167. The highest BCUT2D eigenvalue weighted by atomic mass is 19.1. The molecule has 0 radical (unpaired) electrons. The van der Waals surface area contributed by atoms with Crippen molar-refractivity contribution < 1.29 is 18.4 Å². The van der Waals surface area contributed by atoms with Gasteiger partial charge in [-0.25, -0.2) is 8.78 Å². The standard InChI is InChI=1S/C26H25F2N3O2/c27-18-8-21(28)20-10-23(30-22(20)9-18)25(33)29-19-3-1-17(2-4-19)24(32)31-26-11-14-5-15(12-26)7-16(6-14)13-26/h1-4,8-10,14-16,30H,5-7,11-13H2,(H,29,33)(H,31,32). The lowest BCUT2D eigenvalue weighted by Crippen LogP contribution is -2.59. The molecule has 4 fully saturated rings. The van der Waals surface area contributed by atoms with Crippen molar-refractivity contribution in [1.29, 1.82) is 0 Å². The van der Waals surface area contributed by atoms with Crippen molar-refractivity contribution in [2.24, 2.45) is 17.8 Å². The van der Waals surface area contributed by atoms with Crippen LogP contribution in [0, 0.1) is 29.4 Å². The molecule has 7 heteroatoms. The smallest absolute Gasteiger partial charge is 0.272 e. The number of aromatic amines is 1. The van der Waals surface area contributed by atoms with Crippen LogP contribution in [0.5, 0.6) is 0 Å². The average Bonchev–Trinajstić information content (AvgIpc) is 3.17. The van der Waals surface area contributed by atoms with E-state index in [-0.39, 0.29) is 28.0 Å². The molecule has 1 aromatic heterocycles. The summed E-state index contributed by atoms with van der Waals surface area (Å²) in [7, 11) is 0. The van der Waals surface area contributed by atoms with E-state index in [1.54, 1.807) is 24.3 Å². The zero-order valence-corrected chi connectivity index (χ0v) is 18.1. The Bertz CT molecular complexity index is 1230. The molecule has 0 unspecified atom stereocenters. The van der Waals surface area contributed by atoms with Crippen molar-refractivity contribution >= 4 is 28.4 Å². The zero-order valence-electron chi connectivity index (χ0n) is 18.1. The number of anilines is 1. The minimum absolute atomic E-state index is 0.0525. The maximum absolute atomic E-state index is 13.9. The molecule has 0 atom stereocenters. The Morgan fingerprint density at radius 2 is 1.52 bits per heavy atom. The third-order valence-corrected chi connectivity index (χ3v) is 7.72. The number of hydrogen-bond donors (Lipinski definition) is 3. The molecule has 2 amide bonds. The summed E-state index contributed by atoms with van der Waals surface area (Å²) in [5, 5.41) is 6.23. The van der Waals surface area contributed by atoms with Gasteiger partial charge in [0.05, 0.1) is 5.52 Å². The third-order valence-electron chi connectivity index (χ3n) is 7.72. The van der Waals surface area contributed by atoms with Crippen LogP contribution in [-0.4, -0.2) is 22.3 Å². The maximum atomic E-state index is 13.9. The van der Waals surface area contributed by atoms with Gasteiger partial charge < -0.3 is 15.6 Å². The quantitative estimate of drug-likeness (QED) is 0.499. The average molecular weight is 450 g/mol. The molecule has 1 heterocycles. The number of carbonyl (C=O) groups is 2. The van der Waals surface area contributed by atoms with E-state index < -0.39 is 17.5 Å². The first-order valence-corrected chi connectivity index (χ1v) is 11.6. The van der Waals surface area contributed by atoms with Crippen LogP contribution in [0.25, 0.3) is 10.9 Å². The van der Waals surface area contributed by atoms with Gasteiger partial charge >= 0.3 is 0 Å². The Kier molecular flexibility index (Phi) is 4.57. The highest BCUT2D eigenvalue weighted by molar-refractivity contribution is 6.06. The summed E-state index contributed by atoms with van der Waals surface area (Å²) in [5.74, 6) is 0.280. The first-order valence-electron chi connectivity index (χ1n) is 11.6. The van der Waals surface area contributed by atoms with E-state index >= 15 is 0 Å². The molecule has 4 saturated carbocycles. The molecule has 4 aliphatic carbocycles. The summed E-state index contributed by atoms with van der Waals surface area (Å²) >= 11 is 0. The predicted octanol–water partition coefficient (Wildman–Crippen LogP) is 5.40. The van der Waals surface area contributed by atoms with Crippen LogP contribution in [0.2, 0.25) is 0 Å². The maximum Gasteiger partial charge on any atom is 0.272 e. The molecule has 3 N–H and O–H groups in total. The summed E-state index contributed by atoms with van der Waals surface area (Å²) in [6, 6.07) is 10.0. The second-order valence-corrected chi connectivity index (χ2v) is 10.2. The Morgan fingerprint density at radius 1 is 0.879 bits per heavy atom. The van der Waals surface area contributed by atoms with Gasteiger partial charge in [-0.3, -0.25) is 9.59 Å². The van der Waals surface area contributed by atoms with Crippen LogP contribution in [0.1, 0.15) is 59.4 Å². The molecule has 0 aliphatic heterocycles. The second-order valence-electron chi connectivity index (χ2n) is 10.2. The second kappa shape index (κ2) is 7.40. The van der Waals surface area contributed by atoms with Gasteiger partial charge in [-0.15, -0.1) is 0 Å². The normalized spacial score (nSPS) is 27.6. The van der Waals surface area contributed by atoms with Crippen molar-refractivity contribution in [3.8, 4) is 0 Å². The van der Waals surface area contributed by atoms with Crippen LogP contribution < -0.4 is 10.6 Å². The molecule has 33 heavy (non-hydrogen) atoms. The van der Waals surface area contributed by atoms with Gasteiger partial charge in [0.2, 0.25) is 0 Å². The van der Waals surface area contributed by atoms with Crippen LogP contribution in [0.15, 0.2) is 42.5 Å². The number of carbonyl (C=O) groups excluding carboxylic acids is 2. The van der Waals surface area contributed by atoms with Crippen LogP contribution >= 0.6 is 0 Å². The zero-order chi connectivity index (χ0) is 22.7. The number of rotatable bonds is 4. The summed E-state index contributed by atoms with van der Waals surface area (Å²) in [6.07, 6.45) is 7.24. The predicted molar refractivity (Wildman–Crippen MR) is 121 cm³/mol. The molecular weight excluding hydrogens is 424 g/mol. The third kappa shape index (κ3) is 3.69. The Morgan fingerprint density at radius 3 is 2.15 bits per heavy atom. The molecule has 7 rings (SSSR count). The summed E-state index contributed by atoms with van der Waals surface area (Å²) in [4.78, 5) is 28.3. The monoisotopic (exact) mass is 449 g/mol. The lowest BCUT2D eigenvalue weighted by atomic mass is 9.53. The van der Waals surface area contributed by atoms with Crippen LogP contribution in [0.4, 0.5) is 14.5 Å². The van der Waals surface area contributed by atoms with E-state index in [9.17, 15) is 18.4 Å². The number of nitrogens with one attached hydrogen (secondary N) is 3. The number of aromatic nitrogens is 1. The van der Waals surface area contributed by atoms with Crippen molar-refractivity contribution in [3.63, 3.8) is 0 Å². The van der Waals surface area contributed by atoms with Crippen molar-refractivity contribution in [2.45, 2.75) is 44.1 Å². The highest BCUT2D eigenvalue weighted by Gasteiger charge is 2.51. The molecule has 4 bridgehead atoms. The van der Waals surface area contributed by atoms with Gasteiger partial charge in [-0.1, -0.05) is 0 Å². The molecule has 0 saturated heterocycles. The number of amides is 2. The van der Waals surface area contributed by atoms with E-state index in [4.69, 9.17) is 0 Å². The molecule has 3 aromatic rings. The van der Waals surface area contributed by atoms with E-state index in [0.717, 1.165) is 49.1 Å². The number of hydrogen-bond acceptors (Lipinski definition) is 2. The van der Waals surface area contributed by atoms with Crippen LogP contribution in [-0.2, 0) is 0 Å². The highest BCUT2D eigenvalue weighted by Crippen LogP contribution is 2.55. The summed E-state index contributed by atoms with van der Waals surface area (Å²) in [5.41, 5.74) is 1.36. The Hall–Kier alpha value is -3.22. The van der Waals surface area contributed by atoms with Gasteiger partial charge in [0, 0.05) is 28.2 Å². The first-order chi connectivity index (χ1) is 15.9. The minimum atomic E-state index is -0.727. The molecule has 170 valence electrons. The first kappa shape index (κ1) is 20.4. The van der Waals surface area contributed by atoms with Gasteiger partial charge in [-0.05, 0) is 92.7 Å². The Labute approximate surface area is 189 Å². The molecule has 0 spiro atoms. The largest absolute Gasteiger partial charge is 0.350 e.